The summed E-state index contributed by atoms with van der Waals surface area (Å²) in [6.45, 7) is 3.30. The zero-order chi connectivity index (χ0) is 16.6. The number of carbonyl (C=O) groups is 1. The lowest BCUT2D eigenvalue weighted by Gasteiger charge is -2.38. The fourth-order valence-electron chi connectivity index (χ4n) is 3.80. The van der Waals surface area contributed by atoms with Crippen molar-refractivity contribution in [2.75, 3.05) is 32.8 Å². The third-order valence-corrected chi connectivity index (χ3v) is 5.43. The quantitative estimate of drug-likeness (QED) is 0.845. The van der Waals surface area contributed by atoms with Gasteiger partial charge in [0.15, 0.2) is 5.79 Å². The van der Waals surface area contributed by atoms with Gasteiger partial charge in [-0.1, -0.05) is 23.7 Å². The number of nitrogens with one attached hydrogen (secondary N) is 2. The van der Waals surface area contributed by atoms with E-state index < -0.39 is 5.79 Å². The van der Waals surface area contributed by atoms with Gasteiger partial charge in [-0.25, -0.2) is 5.43 Å². The first kappa shape index (κ1) is 16.3. The van der Waals surface area contributed by atoms with Crippen molar-refractivity contribution in [1.82, 2.24) is 15.8 Å². The lowest BCUT2D eigenvalue weighted by atomic mass is 9.92. The molecule has 24 heavy (non-hydrogen) atoms. The van der Waals surface area contributed by atoms with Crippen LogP contribution in [0.2, 0.25) is 5.02 Å². The Kier molecular flexibility index (Phi) is 4.49. The third kappa shape index (κ3) is 3.05. The summed E-state index contributed by atoms with van der Waals surface area (Å²) in [4.78, 5) is 14.9. The predicted octanol–water partition coefficient (Wildman–Crippen LogP) is 1.47. The van der Waals surface area contributed by atoms with Crippen molar-refractivity contribution < 1.29 is 14.3 Å². The molecule has 1 aromatic carbocycles. The van der Waals surface area contributed by atoms with Crippen LogP contribution in [-0.4, -0.2) is 49.4 Å². The minimum atomic E-state index is -0.446. The lowest BCUT2D eigenvalue weighted by molar-refractivity contribution is -0.188. The molecule has 1 aromatic rings. The summed E-state index contributed by atoms with van der Waals surface area (Å²) >= 11 is 5.96. The van der Waals surface area contributed by atoms with E-state index in [4.69, 9.17) is 21.1 Å². The molecule has 130 valence electrons. The number of piperidine rings is 1. The summed E-state index contributed by atoms with van der Waals surface area (Å²) in [5, 5.41) is 0.700. The van der Waals surface area contributed by atoms with Crippen LogP contribution >= 0.6 is 11.6 Å². The summed E-state index contributed by atoms with van der Waals surface area (Å²) in [5.74, 6) is -0.385. The highest BCUT2D eigenvalue weighted by Gasteiger charge is 2.43. The first-order valence-corrected chi connectivity index (χ1v) is 8.85. The van der Waals surface area contributed by atoms with Crippen LogP contribution < -0.4 is 10.9 Å². The van der Waals surface area contributed by atoms with E-state index in [1.807, 2.05) is 29.2 Å². The normalized spacial score (nSPS) is 29.3. The smallest absolute Gasteiger partial charge is 0.229 e. The van der Waals surface area contributed by atoms with Gasteiger partial charge in [-0.05, 0) is 17.7 Å². The van der Waals surface area contributed by atoms with Gasteiger partial charge in [-0.2, -0.15) is 0 Å². The Balaban J connectivity index is 1.43. The van der Waals surface area contributed by atoms with Crippen molar-refractivity contribution in [2.45, 2.75) is 24.7 Å². The van der Waals surface area contributed by atoms with E-state index in [2.05, 4.69) is 10.9 Å². The maximum absolute atomic E-state index is 13.0. The van der Waals surface area contributed by atoms with Crippen molar-refractivity contribution in [3.63, 3.8) is 0 Å². The number of halogens is 1. The molecule has 6 nitrogen and oxygen atoms in total. The third-order valence-electron chi connectivity index (χ3n) is 5.18. The number of likely N-dealkylation sites (tertiary alicyclic amines) is 1. The van der Waals surface area contributed by atoms with E-state index in [0.29, 0.717) is 37.9 Å². The Morgan fingerprint density at radius 1 is 1.17 bits per heavy atom. The van der Waals surface area contributed by atoms with Crippen LogP contribution in [0, 0.1) is 5.92 Å². The van der Waals surface area contributed by atoms with Gasteiger partial charge in [0.1, 0.15) is 0 Å². The molecule has 0 aliphatic carbocycles. The average Bonchev–Trinajstić information content (AvgIpc) is 3.26. The largest absolute Gasteiger partial charge is 0.347 e. The van der Waals surface area contributed by atoms with E-state index >= 15 is 0 Å². The second-order valence-electron chi connectivity index (χ2n) is 6.59. The lowest BCUT2D eigenvalue weighted by Crippen LogP contribution is -2.49. The number of benzene rings is 1. The molecule has 2 atom stereocenters. The summed E-state index contributed by atoms with van der Waals surface area (Å²) in [5.41, 5.74) is 7.41. The average molecular weight is 352 g/mol. The number of amides is 1. The molecular formula is C17H22ClN3O3. The van der Waals surface area contributed by atoms with E-state index in [-0.39, 0.29) is 17.9 Å². The van der Waals surface area contributed by atoms with Crippen LogP contribution in [0.4, 0.5) is 0 Å². The molecule has 3 saturated heterocycles. The molecule has 0 bridgehead atoms. The zero-order valence-electron chi connectivity index (χ0n) is 13.5. The summed E-state index contributed by atoms with van der Waals surface area (Å²) < 4.78 is 11.5. The van der Waals surface area contributed by atoms with Gasteiger partial charge in [-0.15, -0.1) is 0 Å². The van der Waals surface area contributed by atoms with Crippen LogP contribution in [0.1, 0.15) is 24.4 Å². The van der Waals surface area contributed by atoms with Crippen LogP contribution in [0.25, 0.3) is 0 Å². The van der Waals surface area contributed by atoms with E-state index in [1.165, 1.54) is 0 Å². The number of hydrazine groups is 1. The topological polar surface area (TPSA) is 62.8 Å². The second kappa shape index (κ2) is 6.61. The highest BCUT2D eigenvalue weighted by Crippen LogP contribution is 2.33. The molecule has 7 heteroatoms. The van der Waals surface area contributed by atoms with Crippen molar-refractivity contribution in [3.05, 3.63) is 34.9 Å². The summed E-state index contributed by atoms with van der Waals surface area (Å²) in [6, 6.07) is 7.62. The van der Waals surface area contributed by atoms with Crippen molar-refractivity contribution in [2.24, 2.45) is 5.92 Å². The van der Waals surface area contributed by atoms with E-state index in [0.717, 1.165) is 18.4 Å². The molecule has 4 rings (SSSR count). The Hall–Kier alpha value is -1.18. The Bertz CT molecular complexity index is 594. The molecule has 3 aliphatic heterocycles. The number of hydrogen-bond acceptors (Lipinski definition) is 5. The fraction of sp³-hybridized carbons (Fsp3) is 0.588. The first-order chi connectivity index (χ1) is 11.7. The monoisotopic (exact) mass is 351 g/mol. The highest BCUT2D eigenvalue weighted by molar-refractivity contribution is 6.30. The molecule has 0 aromatic heterocycles. The van der Waals surface area contributed by atoms with Crippen molar-refractivity contribution in [1.29, 1.82) is 0 Å². The summed E-state index contributed by atoms with van der Waals surface area (Å²) in [7, 11) is 0. The van der Waals surface area contributed by atoms with Gasteiger partial charge in [0.25, 0.3) is 0 Å². The number of carbonyl (C=O) groups excluding carboxylic acids is 1. The van der Waals surface area contributed by atoms with Crippen molar-refractivity contribution >= 4 is 17.5 Å². The van der Waals surface area contributed by atoms with E-state index in [1.54, 1.807) is 0 Å². The molecule has 0 saturated carbocycles. The molecule has 1 amide bonds. The molecule has 2 unspecified atom stereocenters. The molecule has 3 aliphatic rings. The van der Waals surface area contributed by atoms with E-state index in [9.17, 15) is 4.79 Å². The van der Waals surface area contributed by atoms with Gasteiger partial charge >= 0.3 is 0 Å². The Morgan fingerprint density at radius 3 is 2.50 bits per heavy atom. The summed E-state index contributed by atoms with van der Waals surface area (Å²) in [6.07, 6.45) is 1.50. The maximum atomic E-state index is 13.0. The number of ether oxygens (including phenoxy) is 2. The predicted molar refractivity (Wildman–Crippen MR) is 89.3 cm³/mol. The van der Waals surface area contributed by atoms with Gasteiger partial charge in [0.05, 0.1) is 25.2 Å². The highest BCUT2D eigenvalue weighted by atomic mass is 35.5. The fourth-order valence-corrected chi connectivity index (χ4v) is 3.93. The van der Waals surface area contributed by atoms with Crippen LogP contribution in [0.5, 0.6) is 0 Å². The molecule has 3 heterocycles. The standard InChI is InChI=1S/C17H22ClN3O3/c18-13-3-1-12(2-4-13)15-14(11-19-20-15)16(22)21-7-5-17(6-8-21)23-9-10-24-17/h1-4,14-15,19-20H,5-11H2. The van der Waals surface area contributed by atoms with Crippen LogP contribution in [-0.2, 0) is 14.3 Å². The SMILES string of the molecule is O=C(C1CNNC1c1ccc(Cl)cc1)N1CCC2(CC1)OCCO2. The van der Waals surface area contributed by atoms with Crippen molar-refractivity contribution in [3.8, 4) is 0 Å². The second-order valence-corrected chi connectivity index (χ2v) is 7.03. The van der Waals surface area contributed by atoms with Gasteiger partial charge in [0.2, 0.25) is 5.91 Å². The molecule has 2 N–H and O–H groups in total. The number of rotatable bonds is 2. The molecule has 3 fully saturated rings. The Labute approximate surface area is 146 Å². The van der Waals surface area contributed by atoms with Gasteiger partial charge in [-0.3, -0.25) is 10.2 Å². The number of hydrogen-bond donors (Lipinski definition) is 2. The maximum Gasteiger partial charge on any atom is 0.229 e. The van der Waals surface area contributed by atoms with Crippen LogP contribution in [0.15, 0.2) is 24.3 Å². The minimum Gasteiger partial charge on any atom is -0.347 e. The Morgan fingerprint density at radius 2 is 1.83 bits per heavy atom. The number of nitrogens with zero attached hydrogens (tertiary/aromatic N) is 1. The van der Waals surface area contributed by atoms with Crippen LogP contribution in [0.3, 0.4) is 0 Å². The molecule has 0 radical (unpaired) electrons. The molecule has 1 spiro atoms. The van der Waals surface area contributed by atoms with Gasteiger partial charge in [0, 0.05) is 37.5 Å². The molecular weight excluding hydrogens is 330 g/mol. The minimum absolute atomic E-state index is 0.0374. The first-order valence-electron chi connectivity index (χ1n) is 8.47. The van der Waals surface area contributed by atoms with Gasteiger partial charge < -0.3 is 14.4 Å². The zero-order valence-corrected chi connectivity index (χ0v) is 14.2.